The van der Waals surface area contributed by atoms with Gasteiger partial charge in [0.2, 0.25) is 11.8 Å². The Morgan fingerprint density at radius 2 is 1.48 bits per heavy atom. The normalized spacial score (nSPS) is 28.4. The number of benzene rings is 1. The fourth-order valence-corrected chi connectivity index (χ4v) is 4.09. The smallest absolute Gasteiger partial charge is 0.307 e. The van der Waals surface area contributed by atoms with Crippen LogP contribution in [0.2, 0.25) is 0 Å². The molecule has 3 rings (SSSR count). The number of anilines is 2. The number of fused-ring (bicyclic) bond motifs is 2. The first-order valence-corrected chi connectivity index (χ1v) is 7.87. The van der Waals surface area contributed by atoms with Crippen LogP contribution >= 0.6 is 0 Å². The van der Waals surface area contributed by atoms with Crippen molar-refractivity contribution in [3.8, 4) is 0 Å². The molecule has 0 spiro atoms. The first-order chi connectivity index (χ1) is 11.0. The van der Waals surface area contributed by atoms with Crippen molar-refractivity contribution in [2.24, 2.45) is 23.7 Å². The molecule has 0 heterocycles. The minimum Gasteiger partial charge on any atom is -0.481 e. The Kier molecular flexibility index (Phi) is 4.07. The Bertz CT molecular complexity index is 640. The molecule has 0 aromatic heterocycles. The summed E-state index contributed by atoms with van der Waals surface area (Å²) in [5.41, 5.74) is 1.26. The highest BCUT2D eigenvalue weighted by molar-refractivity contribution is 5.96. The summed E-state index contributed by atoms with van der Waals surface area (Å²) in [4.78, 5) is 35.0. The average molecular weight is 316 g/mol. The van der Waals surface area contributed by atoms with Crippen LogP contribution < -0.4 is 10.6 Å². The Morgan fingerprint density at radius 3 is 2.00 bits per heavy atom. The summed E-state index contributed by atoms with van der Waals surface area (Å²) in [6.45, 7) is 1.43. The van der Waals surface area contributed by atoms with Crippen LogP contribution in [-0.4, -0.2) is 22.9 Å². The Balaban J connectivity index is 1.69. The van der Waals surface area contributed by atoms with Gasteiger partial charge in [0.15, 0.2) is 0 Å². The molecule has 3 N–H and O–H groups in total. The van der Waals surface area contributed by atoms with Gasteiger partial charge in [0.05, 0.1) is 11.8 Å². The predicted octanol–water partition coefficient (Wildman–Crippen LogP) is 2.33. The van der Waals surface area contributed by atoms with Gasteiger partial charge in [-0.3, -0.25) is 14.4 Å². The van der Waals surface area contributed by atoms with E-state index in [-0.39, 0.29) is 23.7 Å². The number of carbonyl (C=O) groups is 3. The highest BCUT2D eigenvalue weighted by Gasteiger charge is 2.53. The van der Waals surface area contributed by atoms with E-state index in [4.69, 9.17) is 0 Å². The quantitative estimate of drug-likeness (QED) is 0.794. The van der Waals surface area contributed by atoms with E-state index < -0.39 is 17.8 Å². The Morgan fingerprint density at radius 1 is 0.957 bits per heavy atom. The van der Waals surface area contributed by atoms with Gasteiger partial charge in [-0.25, -0.2) is 0 Å². The van der Waals surface area contributed by atoms with Crippen molar-refractivity contribution in [2.45, 2.75) is 26.2 Å². The number of carboxylic acids is 1. The summed E-state index contributed by atoms with van der Waals surface area (Å²) < 4.78 is 0. The zero-order valence-corrected chi connectivity index (χ0v) is 12.9. The van der Waals surface area contributed by atoms with Crippen LogP contribution in [0.5, 0.6) is 0 Å². The molecular formula is C17H20N2O4. The van der Waals surface area contributed by atoms with Crippen molar-refractivity contribution in [1.29, 1.82) is 0 Å². The topological polar surface area (TPSA) is 95.5 Å². The third-order valence-corrected chi connectivity index (χ3v) is 4.98. The van der Waals surface area contributed by atoms with Crippen LogP contribution in [0.4, 0.5) is 11.4 Å². The monoisotopic (exact) mass is 316 g/mol. The van der Waals surface area contributed by atoms with Crippen LogP contribution in [0.25, 0.3) is 0 Å². The molecule has 2 amide bonds. The standard InChI is InChI=1S/C17H20N2O4/c1-9(20)18-12-4-6-13(7-5-12)19-16(21)14-10-2-3-11(8-10)15(14)17(22)23/h4-7,10-11,14-15H,2-3,8H2,1H3,(H,18,20)(H,19,21)(H,22,23)/t10-,11+,14+,15+/m1/s1. The van der Waals surface area contributed by atoms with Crippen LogP contribution in [0.15, 0.2) is 24.3 Å². The first kappa shape index (κ1) is 15.5. The largest absolute Gasteiger partial charge is 0.481 e. The maximum Gasteiger partial charge on any atom is 0.307 e. The highest BCUT2D eigenvalue weighted by Crippen LogP contribution is 2.52. The van der Waals surface area contributed by atoms with Crippen LogP contribution in [-0.2, 0) is 14.4 Å². The summed E-state index contributed by atoms with van der Waals surface area (Å²) in [7, 11) is 0. The third-order valence-electron chi connectivity index (χ3n) is 4.98. The van der Waals surface area contributed by atoms with E-state index in [1.807, 2.05) is 0 Å². The number of carbonyl (C=O) groups excluding carboxylic acids is 2. The van der Waals surface area contributed by atoms with E-state index in [1.165, 1.54) is 6.92 Å². The second kappa shape index (κ2) is 6.02. The summed E-state index contributed by atoms with van der Waals surface area (Å²) in [6.07, 6.45) is 2.70. The van der Waals surface area contributed by atoms with Crippen molar-refractivity contribution in [2.75, 3.05) is 10.6 Å². The number of carboxylic acid groups (broad SMARTS) is 1. The Hall–Kier alpha value is -2.37. The molecule has 4 atom stereocenters. The molecule has 0 saturated heterocycles. The van der Waals surface area contributed by atoms with E-state index in [0.717, 1.165) is 19.3 Å². The first-order valence-electron chi connectivity index (χ1n) is 7.87. The van der Waals surface area contributed by atoms with Crippen LogP contribution in [0, 0.1) is 23.7 Å². The number of hydrogen-bond donors (Lipinski definition) is 3. The number of aliphatic carboxylic acids is 1. The van der Waals surface area contributed by atoms with E-state index >= 15 is 0 Å². The molecule has 0 radical (unpaired) electrons. The van der Waals surface area contributed by atoms with Crippen LogP contribution in [0.1, 0.15) is 26.2 Å². The lowest BCUT2D eigenvalue weighted by molar-refractivity contribution is -0.148. The van der Waals surface area contributed by atoms with Crippen molar-refractivity contribution < 1.29 is 19.5 Å². The molecule has 2 saturated carbocycles. The number of hydrogen-bond acceptors (Lipinski definition) is 3. The predicted molar refractivity (Wildman–Crippen MR) is 84.8 cm³/mol. The minimum absolute atomic E-state index is 0.135. The van der Waals surface area contributed by atoms with Gasteiger partial charge in [-0.05, 0) is 55.4 Å². The zero-order valence-electron chi connectivity index (χ0n) is 12.9. The molecule has 1 aromatic carbocycles. The maximum atomic E-state index is 12.5. The SMILES string of the molecule is CC(=O)Nc1ccc(NC(=O)[C@H]2[C@@H]3CC[C@@H](C3)[C@@H]2C(=O)O)cc1. The minimum atomic E-state index is -0.863. The second-order valence-electron chi connectivity index (χ2n) is 6.47. The van der Waals surface area contributed by atoms with E-state index in [9.17, 15) is 19.5 Å². The number of rotatable bonds is 4. The van der Waals surface area contributed by atoms with Gasteiger partial charge in [0.1, 0.15) is 0 Å². The molecule has 0 unspecified atom stereocenters. The molecular weight excluding hydrogens is 296 g/mol. The van der Waals surface area contributed by atoms with Gasteiger partial charge in [-0.15, -0.1) is 0 Å². The van der Waals surface area contributed by atoms with Gasteiger partial charge in [-0.2, -0.15) is 0 Å². The lowest BCUT2D eigenvalue weighted by atomic mass is 9.78. The fourth-order valence-electron chi connectivity index (χ4n) is 4.09. The van der Waals surface area contributed by atoms with Gasteiger partial charge < -0.3 is 15.7 Å². The summed E-state index contributed by atoms with van der Waals surface area (Å²) >= 11 is 0. The molecule has 23 heavy (non-hydrogen) atoms. The van der Waals surface area contributed by atoms with Gasteiger partial charge in [-0.1, -0.05) is 0 Å². The van der Waals surface area contributed by atoms with Crippen molar-refractivity contribution in [3.63, 3.8) is 0 Å². The lowest BCUT2D eigenvalue weighted by Crippen LogP contribution is -2.37. The van der Waals surface area contributed by atoms with E-state index in [0.29, 0.717) is 11.4 Å². The van der Waals surface area contributed by atoms with Crippen molar-refractivity contribution in [3.05, 3.63) is 24.3 Å². The molecule has 6 nitrogen and oxygen atoms in total. The lowest BCUT2D eigenvalue weighted by Gasteiger charge is -2.27. The zero-order chi connectivity index (χ0) is 16.6. The summed E-state index contributed by atoms with van der Waals surface area (Å²) in [5, 5.41) is 14.9. The maximum absolute atomic E-state index is 12.5. The van der Waals surface area contributed by atoms with Gasteiger partial charge in [0, 0.05) is 18.3 Å². The van der Waals surface area contributed by atoms with Crippen LogP contribution in [0.3, 0.4) is 0 Å². The molecule has 0 aliphatic heterocycles. The molecule has 2 aliphatic carbocycles. The summed E-state index contributed by atoms with van der Waals surface area (Å²) in [6, 6.07) is 6.80. The van der Waals surface area contributed by atoms with Gasteiger partial charge >= 0.3 is 5.97 Å². The number of nitrogens with one attached hydrogen (secondary N) is 2. The highest BCUT2D eigenvalue weighted by atomic mass is 16.4. The molecule has 2 aliphatic rings. The number of amides is 2. The second-order valence-corrected chi connectivity index (χ2v) is 6.47. The molecule has 122 valence electrons. The molecule has 2 bridgehead atoms. The molecule has 2 fully saturated rings. The molecule has 1 aromatic rings. The van der Waals surface area contributed by atoms with Gasteiger partial charge in [0.25, 0.3) is 0 Å². The fraction of sp³-hybridized carbons (Fsp3) is 0.471. The third kappa shape index (κ3) is 3.06. The molecule has 6 heteroatoms. The van der Waals surface area contributed by atoms with E-state index in [1.54, 1.807) is 24.3 Å². The van der Waals surface area contributed by atoms with E-state index in [2.05, 4.69) is 10.6 Å². The van der Waals surface area contributed by atoms with Crippen molar-refractivity contribution >= 4 is 29.2 Å². The summed E-state index contributed by atoms with van der Waals surface area (Å²) in [5.74, 6) is -1.92. The average Bonchev–Trinajstić information content (AvgIpc) is 3.09. The Labute approximate surface area is 134 Å². The van der Waals surface area contributed by atoms with Crippen molar-refractivity contribution in [1.82, 2.24) is 0 Å².